The molecule has 0 saturated heterocycles. The topological polar surface area (TPSA) is 99.0 Å². The van der Waals surface area contributed by atoms with Crippen LogP contribution >= 0.6 is 0 Å². The number of aliphatic hydroxyl groups excluding tert-OH is 3. The number of carbonyl (C=O) groups is 1. The van der Waals surface area contributed by atoms with Crippen LogP contribution in [0.1, 0.15) is 38.0 Å². The zero-order valence-corrected chi connectivity index (χ0v) is 12.8. The Balaban J connectivity index is 2.62. The number of carbonyl (C=O) groups excluding carboxylic acids is 1. The fourth-order valence-electron chi connectivity index (χ4n) is 1.74. The Morgan fingerprint density at radius 1 is 1.36 bits per heavy atom. The molecule has 0 heterocycles. The van der Waals surface area contributed by atoms with Crippen molar-refractivity contribution in [2.75, 3.05) is 6.54 Å². The third-order valence-electron chi connectivity index (χ3n) is 2.80. The third kappa shape index (κ3) is 5.59. The standard InChI is InChI=1S/C15H22FNO5/c1-15(2,3)22-14(21)17-7-12(19)13(20)9-4-5-11(16)10(6-9)8-18/h4-6,12-13,18-20H,7-8H2,1-3H3,(H,17,21). The highest BCUT2D eigenvalue weighted by molar-refractivity contribution is 5.67. The summed E-state index contributed by atoms with van der Waals surface area (Å²) in [4.78, 5) is 11.5. The molecule has 0 saturated carbocycles. The summed E-state index contributed by atoms with van der Waals surface area (Å²) in [5.74, 6) is -0.597. The van der Waals surface area contributed by atoms with Crippen molar-refractivity contribution in [2.24, 2.45) is 0 Å². The maximum Gasteiger partial charge on any atom is 0.407 e. The number of rotatable bonds is 5. The Labute approximate surface area is 128 Å². The molecule has 1 rings (SSSR count). The van der Waals surface area contributed by atoms with Gasteiger partial charge in [0.2, 0.25) is 0 Å². The van der Waals surface area contributed by atoms with Crippen LogP contribution in [-0.4, -0.2) is 39.7 Å². The molecule has 0 aliphatic rings. The highest BCUT2D eigenvalue weighted by Crippen LogP contribution is 2.20. The molecule has 0 radical (unpaired) electrons. The first kappa shape index (κ1) is 18.3. The lowest BCUT2D eigenvalue weighted by Crippen LogP contribution is -2.38. The lowest BCUT2D eigenvalue weighted by molar-refractivity contribution is 0.0128. The molecule has 2 atom stereocenters. The maximum absolute atomic E-state index is 13.3. The minimum atomic E-state index is -1.33. The van der Waals surface area contributed by atoms with E-state index in [2.05, 4.69) is 5.32 Å². The third-order valence-corrected chi connectivity index (χ3v) is 2.80. The van der Waals surface area contributed by atoms with Crippen molar-refractivity contribution in [3.8, 4) is 0 Å². The number of aliphatic hydroxyl groups is 3. The van der Waals surface area contributed by atoms with Crippen LogP contribution in [0, 0.1) is 5.82 Å². The predicted octanol–water partition coefficient (Wildman–Crippen LogP) is 1.24. The van der Waals surface area contributed by atoms with Crippen LogP contribution in [0.5, 0.6) is 0 Å². The summed E-state index contributed by atoms with van der Waals surface area (Å²) in [5.41, 5.74) is -0.409. The maximum atomic E-state index is 13.3. The largest absolute Gasteiger partial charge is 0.444 e. The highest BCUT2D eigenvalue weighted by atomic mass is 19.1. The van der Waals surface area contributed by atoms with Crippen LogP contribution < -0.4 is 5.32 Å². The molecule has 0 fully saturated rings. The van der Waals surface area contributed by atoms with Gasteiger partial charge in [-0.05, 0) is 38.5 Å². The summed E-state index contributed by atoms with van der Waals surface area (Å²) in [5, 5.41) is 31.2. The first-order chi connectivity index (χ1) is 10.1. The van der Waals surface area contributed by atoms with Gasteiger partial charge in [-0.15, -0.1) is 0 Å². The summed E-state index contributed by atoms with van der Waals surface area (Å²) in [7, 11) is 0. The Kier molecular flexibility index (Phi) is 6.28. The normalized spacial score (nSPS) is 14.3. The summed E-state index contributed by atoms with van der Waals surface area (Å²) in [6.07, 6.45) is -3.35. The van der Waals surface area contributed by atoms with Gasteiger partial charge in [-0.1, -0.05) is 6.07 Å². The summed E-state index contributed by atoms with van der Waals surface area (Å²) in [6, 6.07) is 3.66. The van der Waals surface area contributed by atoms with E-state index in [0.717, 1.165) is 6.07 Å². The van der Waals surface area contributed by atoms with Gasteiger partial charge in [0.05, 0.1) is 6.61 Å². The average Bonchev–Trinajstić information content (AvgIpc) is 2.42. The number of nitrogens with one attached hydrogen (secondary N) is 1. The minimum absolute atomic E-state index is 0.0175. The number of alkyl carbamates (subject to hydrolysis) is 1. The number of halogens is 1. The van der Waals surface area contributed by atoms with Gasteiger partial charge in [-0.2, -0.15) is 0 Å². The summed E-state index contributed by atoms with van der Waals surface area (Å²) >= 11 is 0. The average molecular weight is 315 g/mol. The summed E-state index contributed by atoms with van der Waals surface area (Å²) < 4.78 is 18.3. The van der Waals surface area contributed by atoms with Gasteiger partial charge in [0, 0.05) is 12.1 Å². The molecule has 0 bridgehead atoms. The van der Waals surface area contributed by atoms with Crippen molar-refractivity contribution >= 4 is 6.09 Å². The Morgan fingerprint density at radius 2 is 2.00 bits per heavy atom. The molecule has 0 aromatic heterocycles. The molecule has 0 aliphatic carbocycles. The molecule has 0 aliphatic heterocycles. The number of amides is 1. The van der Waals surface area contributed by atoms with Gasteiger partial charge in [0.1, 0.15) is 23.6 Å². The number of ether oxygens (including phenoxy) is 1. The second-order valence-electron chi connectivity index (χ2n) is 5.90. The molecule has 124 valence electrons. The molecule has 1 aromatic rings. The van der Waals surface area contributed by atoms with Crippen molar-refractivity contribution in [1.82, 2.24) is 5.32 Å². The molecular formula is C15H22FNO5. The number of benzene rings is 1. The van der Waals surface area contributed by atoms with E-state index in [1.807, 2.05) is 0 Å². The van der Waals surface area contributed by atoms with E-state index in [-0.39, 0.29) is 17.7 Å². The van der Waals surface area contributed by atoms with E-state index in [9.17, 15) is 19.4 Å². The molecule has 6 nitrogen and oxygen atoms in total. The van der Waals surface area contributed by atoms with Crippen LogP contribution in [0.2, 0.25) is 0 Å². The van der Waals surface area contributed by atoms with Crippen LogP contribution in [0.25, 0.3) is 0 Å². The predicted molar refractivity (Wildman–Crippen MR) is 77.5 cm³/mol. The second kappa shape index (κ2) is 7.53. The van der Waals surface area contributed by atoms with Crippen LogP contribution in [-0.2, 0) is 11.3 Å². The van der Waals surface area contributed by atoms with Crippen molar-refractivity contribution in [1.29, 1.82) is 0 Å². The number of hydrogen-bond donors (Lipinski definition) is 4. The van der Waals surface area contributed by atoms with E-state index >= 15 is 0 Å². The zero-order valence-electron chi connectivity index (χ0n) is 12.8. The Bertz CT molecular complexity index is 515. The Morgan fingerprint density at radius 3 is 2.55 bits per heavy atom. The van der Waals surface area contributed by atoms with Crippen LogP contribution in [0.3, 0.4) is 0 Å². The van der Waals surface area contributed by atoms with E-state index in [1.165, 1.54) is 12.1 Å². The van der Waals surface area contributed by atoms with Gasteiger partial charge < -0.3 is 25.4 Å². The van der Waals surface area contributed by atoms with Crippen molar-refractivity contribution in [2.45, 2.75) is 45.2 Å². The van der Waals surface area contributed by atoms with Gasteiger partial charge in [-0.25, -0.2) is 9.18 Å². The van der Waals surface area contributed by atoms with E-state index in [0.29, 0.717) is 0 Å². The second-order valence-corrected chi connectivity index (χ2v) is 5.90. The molecule has 2 unspecified atom stereocenters. The van der Waals surface area contributed by atoms with Crippen LogP contribution in [0.15, 0.2) is 18.2 Å². The van der Waals surface area contributed by atoms with E-state index in [1.54, 1.807) is 20.8 Å². The van der Waals surface area contributed by atoms with Gasteiger partial charge >= 0.3 is 6.09 Å². The lowest BCUT2D eigenvalue weighted by atomic mass is 10.0. The lowest BCUT2D eigenvalue weighted by Gasteiger charge is -2.22. The molecule has 1 amide bonds. The quantitative estimate of drug-likeness (QED) is 0.655. The monoisotopic (exact) mass is 315 g/mol. The van der Waals surface area contributed by atoms with Crippen molar-refractivity contribution in [3.05, 3.63) is 35.1 Å². The van der Waals surface area contributed by atoms with Crippen LogP contribution in [0.4, 0.5) is 9.18 Å². The first-order valence-corrected chi connectivity index (χ1v) is 6.86. The minimum Gasteiger partial charge on any atom is -0.444 e. The van der Waals surface area contributed by atoms with Gasteiger partial charge in [0.25, 0.3) is 0 Å². The smallest absolute Gasteiger partial charge is 0.407 e. The molecule has 0 spiro atoms. The van der Waals surface area contributed by atoms with Gasteiger partial charge in [0.15, 0.2) is 0 Å². The van der Waals surface area contributed by atoms with Crippen molar-refractivity contribution in [3.63, 3.8) is 0 Å². The Hall–Kier alpha value is -1.70. The fourth-order valence-corrected chi connectivity index (χ4v) is 1.74. The van der Waals surface area contributed by atoms with Crippen molar-refractivity contribution < 1.29 is 29.2 Å². The fraction of sp³-hybridized carbons (Fsp3) is 0.533. The highest BCUT2D eigenvalue weighted by Gasteiger charge is 2.22. The molecule has 22 heavy (non-hydrogen) atoms. The molecule has 4 N–H and O–H groups in total. The zero-order chi connectivity index (χ0) is 16.9. The number of hydrogen-bond acceptors (Lipinski definition) is 5. The molecule has 1 aromatic carbocycles. The SMILES string of the molecule is CC(C)(C)OC(=O)NCC(O)C(O)c1ccc(F)c(CO)c1. The van der Waals surface area contributed by atoms with E-state index in [4.69, 9.17) is 9.84 Å². The first-order valence-electron chi connectivity index (χ1n) is 6.86. The van der Waals surface area contributed by atoms with E-state index < -0.39 is 36.3 Å². The molecule has 7 heteroatoms. The van der Waals surface area contributed by atoms with Gasteiger partial charge in [-0.3, -0.25) is 0 Å². The molecular weight excluding hydrogens is 293 g/mol. The summed E-state index contributed by atoms with van der Waals surface area (Å²) in [6.45, 7) is 4.35.